The first-order valence-electron chi connectivity index (χ1n) is 13.6. The maximum absolute atomic E-state index is 13.4. The van der Waals surface area contributed by atoms with Gasteiger partial charge in [-0.3, -0.25) is 4.79 Å². The highest BCUT2D eigenvalue weighted by atomic mass is 16.5. The Kier molecular flexibility index (Phi) is 8.13. The van der Waals surface area contributed by atoms with E-state index in [1.54, 1.807) is 6.08 Å². The van der Waals surface area contributed by atoms with Gasteiger partial charge in [-0.05, 0) is 85.5 Å². The van der Waals surface area contributed by atoms with E-state index in [4.69, 9.17) is 4.74 Å². The first-order chi connectivity index (χ1) is 20.0. The van der Waals surface area contributed by atoms with Crippen LogP contribution in [0.2, 0.25) is 0 Å². The Morgan fingerprint density at radius 1 is 0.878 bits per heavy atom. The van der Waals surface area contributed by atoms with Crippen LogP contribution in [-0.4, -0.2) is 17.1 Å². The molecule has 1 heterocycles. The Bertz CT molecular complexity index is 1740. The summed E-state index contributed by atoms with van der Waals surface area (Å²) < 4.78 is 7.86. The number of aryl methyl sites for hydroxylation is 1. The van der Waals surface area contributed by atoms with Crippen molar-refractivity contribution >= 4 is 17.7 Å². The van der Waals surface area contributed by atoms with E-state index in [0.29, 0.717) is 12.3 Å². The summed E-state index contributed by atoms with van der Waals surface area (Å²) in [5.41, 5.74) is 8.22. The van der Waals surface area contributed by atoms with Gasteiger partial charge in [0, 0.05) is 16.9 Å². The summed E-state index contributed by atoms with van der Waals surface area (Å²) in [5.74, 6) is 0.344. The van der Waals surface area contributed by atoms with Gasteiger partial charge in [-0.2, -0.15) is 5.26 Å². The van der Waals surface area contributed by atoms with Gasteiger partial charge in [-0.25, -0.2) is 0 Å². The molecule has 0 atom stereocenters. The van der Waals surface area contributed by atoms with Crippen LogP contribution in [0.1, 0.15) is 23.6 Å². The zero-order valence-electron chi connectivity index (χ0n) is 23.4. The van der Waals surface area contributed by atoms with Crippen LogP contribution in [0.25, 0.3) is 34.3 Å². The monoisotopic (exact) mass is 537 g/mol. The van der Waals surface area contributed by atoms with Crippen molar-refractivity contribution in [3.05, 3.63) is 131 Å². The average Bonchev–Trinajstić information content (AvgIpc) is 3.38. The normalized spacial score (nSPS) is 11.1. The third-order valence-corrected chi connectivity index (χ3v) is 7.07. The van der Waals surface area contributed by atoms with Crippen LogP contribution in [0.5, 0.6) is 5.75 Å². The molecule has 41 heavy (non-hydrogen) atoms. The Balaban J connectivity index is 1.71. The van der Waals surface area contributed by atoms with Crippen molar-refractivity contribution in [2.75, 3.05) is 11.9 Å². The van der Waals surface area contributed by atoms with Gasteiger partial charge in [-0.1, -0.05) is 72.8 Å². The van der Waals surface area contributed by atoms with Gasteiger partial charge in [-0.15, -0.1) is 0 Å². The molecule has 5 heteroatoms. The number of amides is 1. The predicted octanol–water partition coefficient (Wildman–Crippen LogP) is 8.37. The Labute approximate surface area is 241 Å². The van der Waals surface area contributed by atoms with Crippen molar-refractivity contribution in [1.82, 2.24) is 4.57 Å². The number of aromatic nitrogens is 1. The highest BCUT2D eigenvalue weighted by molar-refractivity contribution is 6.10. The minimum absolute atomic E-state index is 0.0199. The molecular formula is C36H31N3O2. The quantitative estimate of drug-likeness (QED) is 0.160. The van der Waals surface area contributed by atoms with Crippen LogP contribution in [0.4, 0.5) is 5.69 Å². The molecule has 0 bridgehead atoms. The average molecular weight is 538 g/mol. The number of ether oxygens (including phenoxy) is 1. The number of rotatable bonds is 8. The molecule has 0 spiro atoms. The Hall–Kier alpha value is -5.34. The lowest BCUT2D eigenvalue weighted by Crippen LogP contribution is -2.14. The second-order valence-electron chi connectivity index (χ2n) is 9.70. The zero-order valence-corrected chi connectivity index (χ0v) is 23.4. The van der Waals surface area contributed by atoms with Crippen molar-refractivity contribution in [2.45, 2.75) is 20.8 Å². The minimum Gasteiger partial charge on any atom is -0.494 e. The number of nitriles is 1. The number of benzene rings is 4. The van der Waals surface area contributed by atoms with Crippen molar-refractivity contribution in [1.29, 1.82) is 5.26 Å². The summed E-state index contributed by atoms with van der Waals surface area (Å²) in [4.78, 5) is 13.4. The molecule has 0 fully saturated rings. The molecule has 0 saturated heterocycles. The van der Waals surface area contributed by atoms with Crippen LogP contribution in [0.15, 0.2) is 115 Å². The summed E-state index contributed by atoms with van der Waals surface area (Å²) in [5, 5.41) is 13.0. The van der Waals surface area contributed by atoms with Crippen molar-refractivity contribution in [2.24, 2.45) is 0 Å². The first-order valence-corrected chi connectivity index (χ1v) is 13.6. The summed E-state index contributed by atoms with van der Waals surface area (Å²) in [7, 11) is 0. The van der Waals surface area contributed by atoms with Gasteiger partial charge in [0.05, 0.1) is 18.0 Å². The van der Waals surface area contributed by atoms with Gasteiger partial charge in [0.25, 0.3) is 5.91 Å². The fourth-order valence-electron chi connectivity index (χ4n) is 4.86. The highest BCUT2D eigenvalue weighted by Crippen LogP contribution is 2.37. The predicted molar refractivity (Wildman–Crippen MR) is 166 cm³/mol. The molecule has 4 aromatic carbocycles. The van der Waals surface area contributed by atoms with Crippen LogP contribution in [-0.2, 0) is 4.79 Å². The molecule has 0 aliphatic heterocycles. The van der Waals surface area contributed by atoms with Gasteiger partial charge >= 0.3 is 0 Å². The van der Waals surface area contributed by atoms with E-state index < -0.39 is 5.91 Å². The summed E-state index contributed by atoms with van der Waals surface area (Å²) in [6, 6.07) is 38.0. The number of hydrogen-bond donors (Lipinski definition) is 1. The second kappa shape index (κ2) is 12.2. The van der Waals surface area contributed by atoms with Gasteiger partial charge < -0.3 is 14.6 Å². The fourth-order valence-corrected chi connectivity index (χ4v) is 4.86. The lowest BCUT2D eigenvalue weighted by molar-refractivity contribution is -0.112. The van der Waals surface area contributed by atoms with E-state index in [1.807, 2.05) is 118 Å². The standard InChI is InChI=1S/C36H31N3O2/c1-4-41-32-20-18-31(19-21-32)39-34(27-13-7-5-8-14-27)23-29(35(39)28-15-9-6-10-16-28)22-30(24-37)36(40)38-33-17-11-12-25(2)26(33)3/h5-23H,4H2,1-3H3,(H,38,40)/b30-22+. The Morgan fingerprint density at radius 2 is 1.54 bits per heavy atom. The molecule has 0 aliphatic rings. The molecule has 0 aliphatic carbocycles. The SMILES string of the molecule is CCOc1ccc(-n2c(-c3ccccc3)cc(/C=C(\C#N)C(=O)Nc3cccc(C)c3C)c2-c2ccccc2)cc1. The number of nitrogens with zero attached hydrogens (tertiary/aromatic N) is 2. The van der Waals surface area contributed by atoms with Crippen molar-refractivity contribution in [3.8, 4) is 40.0 Å². The molecule has 1 amide bonds. The first kappa shape index (κ1) is 27.2. The molecule has 1 aromatic heterocycles. The van der Waals surface area contributed by atoms with E-state index in [-0.39, 0.29) is 5.57 Å². The lowest BCUT2D eigenvalue weighted by Gasteiger charge is -2.16. The molecule has 5 rings (SSSR count). The Morgan fingerprint density at radius 3 is 2.17 bits per heavy atom. The second-order valence-corrected chi connectivity index (χ2v) is 9.70. The zero-order chi connectivity index (χ0) is 28.8. The number of nitrogens with one attached hydrogen (secondary N) is 1. The van der Waals surface area contributed by atoms with E-state index in [2.05, 4.69) is 28.1 Å². The fraction of sp³-hybridized carbons (Fsp3) is 0.111. The molecule has 0 saturated carbocycles. The van der Waals surface area contributed by atoms with E-state index in [0.717, 1.165) is 50.6 Å². The topological polar surface area (TPSA) is 67.0 Å². The van der Waals surface area contributed by atoms with Crippen LogP contribution < -0.4 is 10.1 Å². The number of hydrogen-bond acceptors (Lipinski definition) is 3. The summed E-state index contributed by atoms with van der Waals surface area (Å²) in [6.45, 7) is 6.50. The molecule has 1 N–H and O–H groups in total. The van der Waals surface area contributed by atoms with Crippen LogP contribution >= 0.6 is 0 Å². The van der Waals surface area contributed by atoms with Crippen LogP contribution in [0.3, 0.4) is 0 Å². The summed E-state index contributed by atoms with van der Waals surface area (Å²) >= 11 is 0. The molecule has 202 valence electrons. The highest BCUT2D eigenvalue weighted by Gasteiger charge is 2.21. The lowest BCUT2D eigenvalue weighted by atomic mass is 10.0. The van der Waals surface area contributed by atoms with Gasteiger partial charge in [0.1, 0.15) is 17.4 Å². The maximum atomic E-state index is 13.4. The van der Waals surface area contributed by atoms with E-state index in [1.165, 1.54) is 0 Å². The molecule has 5 nitrogen and oxygen atoms in total. The van der Waals surface area contributed by atoms with Gasteiger partial charge in [0.15, 0.2) is 0 Å². The van der Waals surface area contributed by atoms with E-state index in [9.17, 15) is 10.1 Å². The van der Waals surface area contributed by atoms with E-state index >= 15 is 0 Å². The minimum atomic E-state index is -0.449. The number of anilines is 1. The molecular weight excluding hydrogens is 506 g/mol. The van der Waals surface area contributed by atoms with Crippen molar-refractivity contribution in [3.63, 3.8) is 0 Å². The number of carbonyl (C=O) groups is 1. The number of carbonyl (C=O) groups excluding carboxylic acids is 1. The summed E-state index contributed by atoms with van der Waals surface area (Å²) in [6.07, 6.45) is 1.68. The molecule has 5 aromatic rings. The maximum Gasteiger partial charge on any atom is 0.266 e. The molecule has 0 radical (unpaired) electrons. The van der Waals surface area contributed by atoms with Crippen molar-refractivity contribution < 1.29 is 9.53 Å². The third kappa shape index (κ3) is 5.83. The smallest absolute Gasteiger partial charge is 0.266 e. The largest absolute Gasteiger partial charge is 0.494 e. The van der Waals surface area contributed by atoms with Crippen LogP contribution in [0, 0.1) is 25.2 Å². The third-order valence-electron chi connectivity index (χ3n) is 7.07. The van der Waals surface area contributed by atoms with Gasteiger partial charge in [0.2, 0.25) is 0 Å². The molecule has 0 unspecified atom stereocenters.